The van der Waals surface area contributed by atoms with Gasteiger partial charge in [-0.1, -0.05) is 41.9 Å². The van der Waals surface area contributed by atoms with Gasteiger partial charge in [-0.25, -0.2) is 0 Å². The van der Waals surface area contributed by atoms with E-state index in [0.29, 0.717) is 0 Å². The molecule has 1 atom stereocenters. The zero-order valence-corrected chi connectivity index (χ0v) is 15.4. The minimum atomic E-state index is 0. The average molecular weight is 365 g/mol. The lowest BCUT2D eigenvalue weighted by Gasteiger charge is -2.19. The van der Waals surface area contributed by atoms with Crippen LogP contribution in [0.4, 0.5) is 0 Å². The molecule has 0 spiro atoms. The molecular formula is C19H22Cl2N2O. The first-order valence-corrected chi connectivity index (χ1v) is 8.13. The van der Waals surface area contributed by atoms with E-state index in [1.54, 1.807) is 0 Å². The maximum Gasteiger partial charge on any atom is 0.134 e. The molecule has 0 aliphatic rings. The van der Waals surface area contributed by atoms with Crippen molar-refractivity contribution in [2.45, 2.75) is 6.04 Å². The molecule has 2 aromatic carbocycles. The molecule has 5 heteroatoms. The van der Waals surface area contributed by atoms with Crippen LogP contribution in [0.15, 0.2) is 59.0 Å². The quantitative estimate of drug-likeness (QED) is 0.683. The van der Waals surface area contributed by atoms with Crippen LogP contribution in [0.5, 0.6) is 0 Å². The Balaban J connectivity index is 0.00000208. The van der Waals surface area contributed by atoms with E-state index >= 15 is 0 Å². The molecule has 0 amide bonds. The Kier molecular flexibility index (Phi) is 6.69. The molecule has 24 heavy (non-hydrogen) atoms. The van der Waals surface area contributed by atoms with Crippen molar-refractivity contribution in [1.82, 2.24) is 10.2 Å². The van der Waals surface area contributed by atoms with Crippen molar-refractivity contribution in [3.8, 4) is 0 Å². The Morgan fingerprint density at radius 3 is 2.46 bits per heavy atom. The highest BCUT2D eigenvalue weighted by Crippen LogP contribution is 2.28. The van der Waals surface area contributed by atoms with Gasteiger partial charge >= 0.3 is 0 Å². The zero-order valence-electron chi connectivity index (χ0n) is 13.8. The lowest BCUT2D eigenvalue weighted by Crippen LogP contribution is -2.30. The van der Waals surface area contributed by atoms with Crippen LogP contribution in [0, 0.1) is 0 Å². The van der Waals surface area contributed by atoms with E-state index in [0.717, 1.165) is 40.4 Å². The molecular weight excluding hydrogens is 343 g/mol. The fourth-order valence-corrected chi connectivity index (χ4v) is 2.74. The van der Waals surface area contributed by atoms with Gasteiger partial charge < -0.3 is 14.6 Å². The lowest BCUT2D eigenvalue weighted by atomic mass is 10.0. The highest BCUT2D eigenvalue weighted by Gasteiger charge is 2.18. The first-order valence-electron chi connectivity index (χ1n) is 7.75. The SMILES string of the molecule is CN(C)CCNC(c1ccc(Cl)cc1)c1cc2ccccc2o1.Cl. The van der Waals surface area contributed by atoms with Crippen molar-refractivity contribution in [3.05, 3.63) is 70.9 Å². The summed E-state index contributed by atoms with van der Waals surface area (Å²) in [6.45, 7) is 1.83. The molecule has 1 aromatic heterocycles. The maximum atomic E-state index is 6.06. The molecule has 0 aliphatic carbocycles. The van der Waals surface area contributed by atoms with Gasteiger partial charge in [0.1, 0.15) is 11.3 Å². The van der Waals surface area contributed by atoms with Crippen molar-refractivity contribution in [3.63, 3.8) is 0 Å². The van der Waals surface area contributed by atoms with Crippen LogP contribution in [0.2, 0.25) is 5.02 Å². The Labute approximate surface area is 154 Å². The summed E-state index contributed by atoms with van der Waals surface area (Å²) >= 11 is 6.02. The van der Waals surface area contributed by atoms with E-state index in [2.05, 4.69) is 36.4 Å². The highest BCUT2D eigenvalue weighted by atomic mass is 35.5. The number of nitrogens with one attached hydrogen (secondary N) is 1. The maximum absolute atomic E-state index is 6.06. The standard InChI is InChI=1S/C19H21ClN2O.ClH/c1-22(2)12-11-21-19(14-7-9-16(20)10-8-14)18-13-15-5-3-4-6-17(15)23-18;/h3-10,13,19,21H,11-12H2,1-2H3;1H. The second-order valence-electron chi connectivity index (χ2n) is 5.93. The summed E-state index contributed by atoms with van der Waals surface area (Å²) in [7, 11) is 4.14. The van der Waals surface area contributed by atoms with E-state index in [1.165, 1.54) is 0 Å². The minimum Gasteiger partial charge on any atom is -0.459 e. The minimum absolute atomic E-state index is 0. The van der Waals surface area contributed by atoms with E-state index in [1.807, 2.05) is 42.5 Å². The number of furan rings is 1. The summed E-state index contributed by atoms with van der Waals surface area (Å²) in [6.07, 6.45) is 0. The van der Waals surface area contributed by atoms with Gasteiger partial charge in [-0.2, -0.15) is 0 Å². The topological polar surface area (TPSA) is 28.4 Å². The van der Waals surface area contributed by atoms with Crippen LogP contribution in [-0.2, 0) is 0 Å². The van der Waals surface area contributed by atoms with E-state index in [-0.39, 0.29) is 18.4 Å². The van der Waals surface area contributed by atoms with Crippen LogP contribution in [0.25, 0.3) is 11.0 Å². The molecule has 1 unspecified atom stereocenters. The van der Waals surface area contributed by atoms with Gasteiger partial charge in [0.05, 0.1) is 6.04 Å². The summed E-state index contributed by atoms with van der Waals surface area (Å²) in [5, 5.41) is 5.45. The van der Waals surface area contributed by atoms with Crippen molar-refractivity contribution >= 4 is 35.0 Å². The number of rotatable bonds is 6. The van der Waals surface area contributed by atoms with E-state index in [4.69, 9.17) is 16.0 Å². The van der Waals surface area contributed by atoms with Crippen molar-refractivity contribution in [2.75, 3.05) is 27.2 Å². The Bertz CT molecular complexity index is 735. The summed E-state index contributed by atoms with van der Waals surface area (Å²) in [6, 6.07) is 18.1. The largest absolute Gasteiger partial charge is 0.459 e. The third-order valence-electron chi connectivity index (χ3n) is 3.84. The van der Waals surface area contributed by atoms with Crippen LogP contribution in [0.3, 0.4) is 0 Å². The molecule has 3 aromatic rings. The van der Waals surface area contributed by atoms with E-state index < -0.39 is 0 Å². The summed E-state index contributed by atoms with van der Waals surface area (Å²) in [4.78, 5) is 2.16. The zero-order chi connectivity index (χ0) is 16.2. The number of nitrogens with zero attached hydrogens (tertiary/aromatic N) is 1. The van der Waals surface area contributed by atoms with Gasteiger partial charge in [-0.15, -0.1) is 12.4 Å². The molecule has 1 N–H and O–H groups in total. The van der Waals surface area contributed by atoms with Gasteiger partial charge in [0, 0.05) is 23.5 Å². The third-order valence-corrected chi connectivity index (χ3v) is 4.09. The third kappa shape index (κ3) is 4.52. The van der Waals surface area contributed by atoms with Gasteiger partial charge in [-0.3, -0.25) is 0 Å². The molecule has 0 bridgehead atoms. The van der Waals surface area contributed by atoms with Crippen LogP contribution in [-0.4, -0.2) is 32.1 Å². The molecule has 1 heterocycles. The second-order valence-corrected chi connectivity index (χ2v) is 6.36. The number of likely N-dealkylation sites (N-methyl/N-ethyl adjacent to an activating group) is 1. The normalized spacial score (nSPS) is 12.3. The summed E-state index contributed by atoms with van der Waals surface area (Å²) < 4.78 is 6.06. The first-order chi connectivity index (χ1) is 11.1. The lowest BCUT2D eigenvalue weighted by molar-refractivity contribution is 0.381. The van der Waals surface area contributed by atoms with Gasteiger partial charge in [-0.05, 0) is 43.9 Å². The number of halogens is 2. The number of fused-ring (bicyclic) bond motifs is 1. The predicted octanol–water partition coefficient (Wildman–Crippen LogP) is 4.75. The molecule has 0 saturated carbocycles. The average Bonchev–Trinajstić information content (AvgIpc) is 2.96. The Morgan fingerprint density at radius 2 is 1.79 bits per heavy atom. The fourth-order valence-electron chi connectivity index (χ4n) is 2.62. The number of hydrogen-bond acceptors (Lipinski definition) is 3. The fraction of sp³-hybridized carbons (Fsp3) is 0.263. The molecule has 3 nitrogen and oxygen atoms in total. The first kappa shape index (κ1) is 18.8. The molecule has 128 valence electrons. The van der Waals surface area contributed by atoms with Crippen molar-refractivity contribution in [2.24, 2.45) is 0 Å². The molecule has 3 rings (SSSR count). The van der Waals surface area contributed by atoms with Crippen molar-refractivity contribution in [1.29, 1.82) is 0 Å². The highest BCUT2D eigenvalue weighted by molar-refractivity contribution is 6.30. The summed E-state index contributed by atoms with van der Waals surface area (Å²) in [5.41, 5.74) is 2.06. The van der Waals surface area contributed by atoms with Gasteiger partial charge in [0.15, 0.2) is 0 Å². The number of para-hydroxylation sites is 1. The molecule has 0 radical (unpaired) electrons. The Hall–Kier alpha value is -1.52. The van der Waals surface area contributed by atoms with Crippen LogP contribution >= 0.6 is 24.0 Å². The van der Waals surface area contributed by atoms with Gasteiger partial charge in [0.25, 0.3) is 0 Å². The van der Waals surface area contributed by atoms with Gasteiger partial charge in [0.2, 0.25) is 0 Å². The number of hydrogen-bond donors (Lipinski definition) is 1. The van der Waals surface area contributed by atoms with E-state index in [9.17, 15) is 0 Å². The number of benzene rings is 2. The predicted molar refractivity (Wildman–Crippen MR) is 103 cm³/mol. The monoisotopic (exact) mass is 364 g/mol. The second kappa shape index (κ2) is 8.54. The summed E-state index contributed by atoms with van der Waals surface area (Å²) in [5.74, 6) is 0.923. The molecule has 0 fully saturated rings. The molecule has 0 saturated heterocycles. The Morgan fingerprint density at radius 1 is 1.08 bits per heavy atom. The van der Waals surface area contributed by atoms with Crippen LogP contribution < -0.4 is 5.32 Å². The van der Waals surface area contributed by atoms with Crippen LogP contribution in [0.1, 0.15) is 17.4 Å². The molecule has 0 aliphatic heterocycles. The smallest absolute Gasteiger partial charge is 0.134 e. The van der Waals surface area contributed by atoms with Crippen molar-refractivity contribution < 1.29 is 4.42 Å².